The number of ether oxygens (including phenoxy) is 1. The van der Waals surface area contributed by atoms with Gasteiger partial charge in [0.25, 0.3) is 11.8 Å². The van der Waals surface area contributed by atoms with Crippen LogP contribution in [0.15, 0.2) is 18.2 Å². The van der Waals surface area contributed by atoms with Gasteiger partial charge in [0.05, 0.1) is 57.7 Å². The predicted molar refractivity (Wildman–Crippen MR) is 454 cm³/mol. The fourth-order valence-electron chi connectivity index (χ4n) is 33.3. The molecule has 8 aliphatic rings. The van der Waals surface area contributed by atoms with E-state index in [1.54, 1.807) is 313 Å². The molecule has 111 heavy (non-hydrogen) atoms. The number of hydrogen-bond donors (Lipinski definition) is 2. The molecule has 4 aliphatic heterocycles. The summed E-state index contributed by atoms with van der Waals surface area (Å²) in [5, 5.41) is 86.3. The van der Waals surface area contributed by atoms with Crippen LogP contribution < -0.4 is 0 Å². The number of benzene rings is 18. The molecule has 0 radical (unpaired) electrons. The van der Waals surface area contributed by atoms with Crippen LogP contribution in [0.5, 0.6) is 0 Å². The number of carbonyl (C=O) groups is 3. The predicted octanol–water partition coefficient (Wildman–Crippen LogP) is 24.6. The Labute approximate surface area is 620 Å². The number of H-pyrrole nitrogens is 2. The van der Waals surface area contributed by atoms with Crippen molar-refractivity contribution in [2.45, 2.75) is 115 Å². The van der Waals surface area contributed by atoms with E-state index in [0.29, 0.717) is 41.7 Å². The molecule has 2 spiro atoms. The minimum Gasteiger partial charge on any atom is -0.469 e. The second-order valence-corrected chi connectivity index (χ2v) is 38.1. The van der Waals surface area contributed by atoms with Crippen LogP contribution in [0.3, 0.4) is 0 Å². The molecule has 3 atom stereocenters. The molecule has 10 heteroatoms. The number of amides is 2. The molecule has 0 saturated carbocycles. The van der Waals surface area contributed by atoms with Gasteiger partial charge in [0.1, 0.15) is 0 Å². The summed E-state index contributed by atoms with van der Waals surface area (Å²) in [7, 11) is 4.02. The summed E-state index contributed by atoms with van der Waals surface area (Å²) in [4.78, 5) is 69.0. The maximum atomic E-state index is 15.9. The monoisotopic (exact) mass is 1410 g/mol. The normalized spacial score (nSPS) is 22.1. The first kappa shape index (κ1) is 51.3. The van der Waals surface area contributed by atoms with Crippen LogP contribution >= 0.6 is 0 Å². The molecule has 31 aromatic rings. The summed E-state index contributed by atoms with van der Waals surface area (Å²) < 4.78 is 5.42. The van der Waals surface area contributed by atoms with Crippen molar-refractivity contribution in [3.8, 4) is 0 Å². The third-order valence-corrected chi connectivity index (χ3v) is 35.6. The fraction of sp³-hybridized carbons (Fsp3) is 0.218. The first-order valence-electron chi connectivity index (χ1n) is 41.3. The van der Waals surface area contributed by atoms with Gasteiger partial charge < -0.3 is 14.7 Å². The number of aromatic amines is 2. The molecule has 7 heterocycles. The molecule has 10 nitrogen and oxygen atoms in total. The number of unbranched alkanes of at least 4 members (excludes halogenated alkanes) is 3. The molecule has 1 unspecified atom stereocenters. The summed E-state index contributed by atoms with van der Waals surface area (Å²) >= 11 is 0. The number of rotatable bonds is 10. The maximum Gasteiger partial charge on any atom is 0.305 e. The first-order valence-corrected chi connectivity index (χ1v) is 41.3. The van der Waals surface area contributed by atoms with Crippen LogP contribution in [0.25, 0.3) is 324 Å². The Morgan fingerprint density at radius 3 is 1.26 bits per heavy atom. The van der Waals surface area contributed by atoms with Crippen molar-refractivity contribution in [3.05, 3.63) is 91.0 Å². The van der Waals surface area contributed by atoms with Crippen molar-refractivity contribution in [2.24, 2.45) is 0 Å². The molecular weight excluding hydrogens is 1360 g/mol. The number of methoxy groups -OCH3 is 1. The lowest BCUT2D eigenvalue weighted by Gasteiger charge is -2.52. The van der Waals surface area contributed by atoms with Gasteiger partial charge >= 0.3 is 5.97 Å². The van der Waals surface area contributed by atoms with Gasteiger partial charge in [0.2, 0.25) is 0 Å². The highest BCUT2D eigenvalue weighted by Gasteiger charge is 2.76. The number of likely N-dealkylation sites (tertiary alicyclic amines) is 1. The average Bonchev–Trinajstić information content (AvgIpc) is 1.38. The SMILES string of the molecule is CCCCCCN1C(=O)c2c3nc(cc4[nH]c(cc5nc(cc6[nH]c2c(c6C)C1=O)C(CC)=C5C)c(C1N(C)CC25c6c7c8c9c%10c%11c(c%12c%13c2c2c6c6c%14c7c7c8c8c%10c%10c%15c%11c%11c%12c%12c%13c%13c2c2c6c6c%14c%14c7c7c8c%10c8c%10c%15c%11c%11c%12c%12c%13c2c2c6c6c%14c7c8c7c%10c%11c%12c2c67)C915)c4C)[C@@H](C)[C@@H]3CCC(=O)OC. The number of aryl methyl sites for hydroxylation is 2. The molecule has 2 N–H and O–H groups in total. The Morgan fingerprint density at radius 1 is 0.468 bits per heavy atom. The second kappa shape index (κ2) is 13.6. The van der Waals surface area contributed by atoms with Gasteiger partial charge in [-0.25, -0.2) is 4.98 Å². The Balaban J connectivity index is 0.758. The van der Waals surface area contributed by atoms with Crippen molar-refractivity contribution in [2.75, 3.05) is 27.2 Å². The molecule has 3 aromatic heterocycles. The lowest BCUT2D eigenvalue weighted by molar-refractivity contribution is -0.140. The molecule has 508 valence electrons. The van der Waals surface area contributed by atoms with Gasteiger partial charge in [0.15, 0.2) is 0 Å². The average molecular weight is 1410 g/mol. The van der Waals surface area contributed by atoms with Crippen LogP contribution in [0.2, 0.25) is 0 Å². The highest BCUT2D eigenvalue weighted by molar-refractivity contribution is 6.82. The number of fused-ring (bicyclic) bond motifs is 8. The van der Waals surface area contributed by atoms with Crippen molar-refractivity contribution in [1.29, 1.82) is 0 Å². The van der Waals surface area contributed by atoms with E-state index in [4.69, 9.17) is 14.7 Å². The lowest BCUT2D eigenvalue weighted by Crippen LogP contribution is -2.52. The minimum absolute atomic E-state index is 0.155. The van der Waals surface area contributed by atoms with E-state index in [1.807, 2.05) is 6.92 Å². The lowest BCUT2D eigenvalue weighted by atomic mass is 9.47. The quantitative estimate of drug-likeness (QED) is 0.0605. The van der Waals surface area contributed by atoms with Crippen LogP contribution in [-0.2, 0) is 20.4 Å². The van der Waals surface area contributed by atoms with Crippen LogP contribution in [0, 0.1) is 13.8 Å². The summed E-state index contributed by atoms with van der Waals surface area (Å²) in [6.45, 7) is 14.6. The van der Waals surface area contributed by atoms with E-state index in [1.165, 1.54) is 23.1 Å². The molecule has 1 fully saturated rings. The number of esters is 1. The maximum absolute atomic E-state index is 15.9. The highest BCUT2D eigenvalue weighted by Crippen LogP contribution is 2.87. The number of nitrogens with zero attached hydrogens (tertiary/aromatic N) is 4. The second-order valence-electron chi connectivity index (χ2n) is 38.1. The van der Waals surface area contributed by atoms with E-state index < -0.39 is 10.8 Å². The smallest absolute Gasteiger partial charge is 0.305 e. The van der Waals surface area contributed by atoms with E-state index in [-0.39, 0.29) is 42.1 Å². The summed E-state index contributed by atoms with van der Waals surface area (Å²) in [6.07, 6.45) is 5.00. The standard InChI is InChI=1S/C101H50N6O4/c1-9-11-12-13-16-107-98(109)35-24(6)30-18-31-25(10-2)21(3)27(102-31)19-32-34(23(5)29(103-32)17-28-22(4)26(14-15-33(108)111-8)95(104-28)90(99(107)110)96(35)105-30)97-101-93-86-80-70-58-50-42-38-36-37-40-44(42)52(58)62-56-48(40)49-41(37)45-43-39(36)47-46(38)54-60(50)68-74-64(54)65-55(47)61-51(43)59-53(45)63-57(49)67-66(56)78(72(62)80)88(93)89-79(67)73(63)81-71(59)77-69(61)75(65)83-82(74)91(84(86)76(68)70)100(101,20-106(97)7)92(83)85(77)87(81)94(89)101/h17-19,22,26,97,103,105H,9-16,20H2,1-8H3/t22-,26-,97?,100?,101?/m0/s1. The van der Waals surface area contributed by atoms with E-state index in [2.05, 4.69) is 74.7 Å². The summed E-state index contributed by atoms with van der Waals surface area (Å²) in [5.41, 5.74) is 18.6. The third kappa shape index (κ3) is 3.68. The molecule has 8 bridgehead atoms. The number of imide groups is 1. The zero-order valence-corrected chi connectivity index (χ0v) is 61.2. The number of aromatic nitrogens is 4. The minimum atomic E-state index is -0.642. The number of carbonyl (C=O) groups excluding carboxylic acids is 3. The van der Waals surface area contributed by atoms with Crippen molar-refractivity contribution >= 4 is 342 Å². The number of allylic oxidation sites excluding steroid dienone is 2. The molecule has 1 saturated heterocycles. The largest absolute Gasteiger partial charge is 0.469 e. The summed E-state index contributed by atoms with van der Waals surface area (Å²) in [5.74, 6) is -1.48. The van der Waals surface area contributed by atoms with Crippen molar-refractivity contribution in [3.63, 3.8) is 0 Å². The van der Waals surface area contributed by atoms with E-state index in [0.717, 1.165) is 82.6 Å². The zero-order chi connectivity index (χ0) is 70.8. The number of nitrogens with one attached hydrogen (secondary N) is 2. The van der Waals surface area contributed by atoms with Gasteiger partial charge in [-0.3, -0.25) is 29.2 Å². The van der Waals surface area contributed by atoms with Crippen molar-refractivity contribution < 1.29 is 19.1 Å². The molecule has 4 aliphatic carbocycles. The van der Waals surface area contributed by atoms with Gasteiger partial charge in [-0.2, -0.15) is 0 Å². The topological polar surface area (TPSA) is 124 Å². The Morgan fingerprint density at radius 2 is 0.856 bits per heavy atom. The van der Waals surface area contributed by atoms with Gasteiger partial charge in [0, 0.05) is 53.6 Å². The van der Waals surface area contributed by atoms with Crippen LogP contribution in [0.4, 0.5) is 0 Å². The van der Waals surface area contributed by atoms with Crippen LogP contribution in [-0.4, -0.2) is 74.8 Å². The molecule has 28 aromatic carbocycles. The Hall–Kier alpha value is -12.1. The third-order valence-electron chi connectivity index (χ3n) is 35.6. The van der Waals surface area contributed by atoms with E-state index in [9.17, 15) is 4.79 Å². The van der Waals surface area contributed by atoms with E-state index >= 15 is 9.59 Å². The van der Waals surface area contributed by atoms with Gasteiger partial charge in [-0.05, 0) is 406 Å². The number of hydrogen-bond acceptors (Lipinski definition) is 7. The summed E-state index contributed by atoms with van der Waals surface area (Å²) in [6, 6.07) is 6.74. The van der Waals surface area contributed by atoms with Crippen molar-refractivity contribution in [1.82, 2.24) is 29.7 Å². The first-order chi connectivity index (χ1) is 54.5. The van der Waals surface area contributed by atoms with Gasteiger partial charge in [-0.1, -0.05) is 40.0 Å². The molecule has 39 rings (SSSR count). The Bertz CT molecular complexity index is 9800. The molecule has 2 amide bonds. The zero-order valence-electron chi connectivity index (χ0n) is 61.2. The van der Waals surface area contributed by atoms with Gasteiger partial charge in [-0.15, -0.1) is 0 Å². The fourth-order valence-corrected chi connectivity index (χ4v) is 33.3. The van der Waals surface area contributed by atoms with Crippen LogP contribution in [0.1, 0.15) is 173 Å². The molecular formula is C101H50N6O4. The highest BCUT2D eigenvalue weighted by atomic mass is 16.5. The number of likely N-dealkylation sites (N-methyl/N-ethyl adjacent to an activating group) is 1. The Kier molecular flexibility index (Phi) is 6.29.